The van der Waals surface area contributed by atoms with Crippen LogP contribution in [0.4, 0.5) is 5.13 Å². The molecule has 2 amide bonds. The van der Waals surface area contributed by atoms with E-state index in [1.807, 2.05) is 0 Å². The van der Waals surface area contributed by atoms with E-state index in [0.717, 1.165) is 33.5 Å². The molecule has 184 valence electrons. The van der Waals surface area contributed by atoms with Gasteiger partial charge in [-0.15, -0.1) is 28.2 Å². The number of β-lactam (4-membered cyclic amide) rings is 1. The Kier molecular flexibility index (Phi) is 7.07. The Morgan fingerprint density at radius 1 is 1.40 bits per heavy atom. The Morgan fingerprint density at radius 2 is 2.14 bits per heavy atom. The molecular weight excluding hydrogens is 542 g/mol. The number of nitrogens with one attached hydrogen (secondary N) is 1. The van der Waals surface area contributed by atoms with Gasteiger partial charge < -0.3 is 21.3 Å². The van der Waals surface area contributed by atoms with Gasteiger partial charge in [-0.25, -0.2) is 14.5 Å². The van der Waals surface area contributed by atoms with Gasteiger partial charge in [0.1, 0.15) is 17.1 Å². The van der Waals surface area contributed by atoms with Gasteiger partial charge in [0.25, 0.3) is 17.7 Å². The lowest BCUT2D eigenvalue weighted by Gasteiger charge is -2.49. The Labute approximate surface area is 214 Å². The van der Waals surface area contributed by atoms with E-state index < -0.39 is 40.6 Å². The van der Waals surface area contributed by atoms with E-state index in [-0.39, 0.29) is 38.8 Å². The average molecular weight is 558 g/mol. The molecule has 2 atom stereocenters. The molecule has 0 radical (unpaired) electrons. The van der Waals surface area contributed by atoms with Gasteiger partial charge in [-0.2, -0.15) is 4.98 Å². The summed E-state index contributed by atoms with van der Waals surface area (Å²) in [5.74, 6) is -2.90. The van der Waals surface area contributed by atoms with Crippen LogP contribution in [0.5, 0.6) is 5.88 Å². The first-order valence-electron chi connectivity index (χ1n) is 9.62. The number of fused-ring (bicyclic) bond motifs is 1. The van der Waals surface area contributed by atoms with E-state index in [9.17, 15) is 29.4 Å². The normalized spacial score (nSPS) is 19.9. The van der Waals surface area contributed by atoms with E-state index in [0.29, 0.717) is 5.57 Å². The van der Waals surface area contributed by atoms with Crippen molar-refractivity contribution in [2.75, 3.05) is 17.2 Å². The Morgan fingerprint density at radius 3 is 2.77 bits per heavy atom. The molecule has 5 N–H and O–H groups in total. The third-order valence-electron chi connectivity index (χ3n) is 4.97. The molecule has 0 bridgehead atoms. The number of halogens is 1. The van der Waals surface area contributed by atoms with E-state index in [1.54, 1.807) is 5.38 Å². The number of thioether (sulfide) groups is 2. The van der Waals surface area contributed by atoms with E-state index in [2.05, 4.69) is 20.4 Å². The molecule has 0 aromatic carbocycles. The van der Waals surface area contributed by atoms with Crippen molar-refractivity contribution in [3.63, 3.8) is 0 Å². The molecule has 13 nitrogen and oxygen atoms in total. The number of amides is 2. The summed E-state index contributed by atoms with van der Waals surface area (Å²) in [5.41, 5.74) is 6.27. The van der Waals surface area contributed by atoms with Gasteiger partial charge in [-0.1, -0.05) is 23.4 Å². The number of rotatable bonds is 7. The molecule has 0 saturated carbocycles. The lowest BCUT2D eigenvalue weighted by molar-refractivity contribution is -0.150. The lowest BCUT2D eigenvalue weighted by Crippen LogP contribution is -2.70. The molecule has 2 aromatic heterocycles. The van der Waals surface area contributed by atoms with E-state index in [1.165, 1.54) is 23.5 Å². The highest BCUT2D eigenvalue weighted by Crippen LogP contribution is 2.41. The Balaban J connectivity index is 1.50. The Bertz CT molecular complexity index is 1360. The maximum absolute atomic E-state index is 12.9. The zero-order valence-corrected chi connectivity index (χ0v) is 20.9. The van der Waals surface area contributed by atoms with Crippen LogP contribution in [-0.2, 0) is 21.4 Å². The van der Waals surface area contributed by atoms with Gasteiger partial charge in [-0.3, -0.25) is 19.3 Å². The third kappa shape index (κ3) is 4.73. The smallest absolute Gasteiger partial charge is 0.352 e. The second-order valence-electron chi connectivity index (χ2n) is 7.15. The number of carbonyl (C=O) groups is 3. The number of anilines is 1. The highest BCUT2D eigenvalue weighted by Gasteiger charge is 2.54. The summed E-state index contributed by atoms with van der Waals surface area (Å²) in [7, 11) is 1.47. The SMILES string of the molecule is Cn1nc(O)c(=O)nc1SCC1=C(C(=O)O)N2C(=O)C(NC(=O)C(=CCl)c3csc(N)n3)[C@@H]2SC1. The minimum Gasteiger partial charge on any atom is -0.488 e. The molecule has 35 heavy (non-hydrogen) atoms. The third-order valence-corrected chi connectivity index (χ3v) is 8.31. The van der Waals surface area contributed by atoms with Crippen molar-refractivity contribution in [1.82, 2.24) is 30.0 Å². The number of hydrogen-bond acceptors (Lipinski definition) is 12. The number of carbonyl (C=O) groups excluding carboxylic acids is 2. The molecule has 2 aliphatic rings. The number of aromatic nitrogens is 4. The molecule has 2 aliphatic heterocycles. The van der Waals surface area contributed by atoms with E-state index >= 15 is 0 Å². The summed E-state index contributed by atoms with van der Waals surface area (Å²) in [6, 6.07) is -0.956. The molecule has 4 rings (SSSR count). The van der Waals surface area contributed by atoms with Crippen molar-refractivity contribution >= 4 is 74.9 Å². The maximum Gasteiger partial charge on any atom is 0.352 e. The van der Waals surface area contributed by atoms with Gasteiger partial charge in [0, 0.05) is 29.5 Å². The van der Waals surface area contributed by atoms with Gasteiger partial charge in [-0.05, 0) is 5.57 Å². The summed E-state index contributed by atoms with van der Waals surface area (Å²) < 4.78 is 1.19. The first kappa shape index (κ1) is 25.0. The first-order valence-corrected chi connectivity index (χ1v) is 13.0. The van der Waals surface area contributed by atoms with Crippen molar-refractivity contribution in [2.45, 2.75) is 16.6 Å². The number of hydrogen-bond donors (Lipinski definition) is 4. The molecule has 1 saturated heterocycles. The summed E-state index contributed by atoms with van der Waals surface area (Å²) in [6.45, 7) is 0. The van der Waals surface area contributed by atoms with Crippen molar-refractivity contribution in [3.8, 4) is 5.88 Å². The van der Waals surface area contributed by atoms with Crippen molar-refractivity contribution < 1.29 is 24.6 Å². The number of nitrogens with zero attached hydrogens (tertiary/aromatic N) is 5. The molecule has 4 heterocycles. The summed E-state index contributed by atoms with van der Waals surface area (Å²) in [6.07, 6.45) is 0. The minimum absolute atomic E-state index is 0.0263. The second-order valence-corrected chi connectivity index (χ2v) is 10.3. The van der Waals surface area contributed by atoms with Crippen LogP contribution >= 0.6 is 46.5 Å². The van der Waals surface area contributed by atoms with E-state index in [4.69, 9.17) is 17.3 Å². The fourth-order valence-electron chi connectivity index (χ4n) is 3.36. The number of nitrogen functional groups attached to an aromatic ring is 1. The quantitative estimate of drug-likeness (QED) is 0.203. The number of aromatic hydroxyl groups is 1. The molecule has 1 fully saturated rings. The van der Waals surface area contributed by atoms with Gasteiger partial charge in [0.2, 0.25) is 0 Å². The number of carboxylic acids is 1. The largest absolute Gasteiger partial charge is 0.488 e. The summed E-state index contributed by atoms with van der Waals surface area (Å²) in [5, 5.41) is 26.7. The highest BCUT2D eigenvalue weighted by molar-refractivity contribution is 8.01. The van der Waals surface area contributed by atoms with Crippen LogP contribution < -0.4 is 16.6 Å². The number of aryl methyl sites for hydroxylation is 1. The van der Waals surface area contributed by atoms with Crippen LogP contribution in [0, 0.1) is 0 Å². The summed E-state index contributed by atoms with van der Waals surface area (Å²) in [4.78, 5) is 58.0. The minimum atomic E-state index is -1.30. The van der Waals surface area contributed by atoms with Gasteiger partial charge in [0.05, 0.1) is 11.3 Å². The monoisotopic (exact) mass is 557 g/mol. The summed E-state index contributed by atoms with van der Waals surface area (Å²) >= 11 is 9.25. The molecule has 1 unspecified atom stereocenters. The molecule has 17 heteroatoms. The zero-order chi connectivity index (χ0) is 25.4. The van der Waals surface area contributed by atoms with Crippen LogP contribution in [0.1, 0.15) is 5.69 Å². The van der Waals surface area contributed by atoms with Gasteiger partial charge >= 0.3 is 11.5 Å². The van der Waals surface area contributed by atoms with Crippen LogP contribution in [-0.4, -0.2) is 75.6 Å². The Hall–Kier alpha value is -3.08. The molecule has 2 aromatic rings. The van der Waals surface area contributed by atoms with Gasteiger partial charge in [0.15, 0.2) is 10.3 Å². The molecular formula is C18H16ClN7O6S3. The molecule has 0 aliphatic carbocycles. The topological polar surface area (TPSA) is 194 Å². The molecule has 0 spiro atoms. The first-order chi connectivity index (χ1) is 16.6. The van der Waals surface area contributed by atoms with Crippen molar-refractivity contribution in [1.29, 1.82) is 0 Å². The highest BCUT2D eigenvalue weighted by atomic mass is 35.5. The number of nitrogens with two attached hydrogens (primary N) is 1. The standard InChI is InChI=1S/C18H16ClN7O6S3/c1-25-18(23-12(28)13(29)24-25)35-4-6-3-33-15-9(14(30)26(15)10(6)16(31)32)22-11(27)7(2-19)8-5-34-17(20)21-8/h2,5,9,15H,3-4H2,1H3,(H2,20,21)(H,22,27)(H,24,29)(H,31,32)/t9?,15-/m0/s1. The fourth-order valence-corrected chi connectivity index (χ4v) is 6.53. The second kappa shape index (κ2) is 9.88. The predicted octanol–water partition coefficient (Wildman–Crippen LogP) is 0.0302. The maximum atomic E-state index is 12.9. The van der Waals surface area contributed by atoms with Crippen LogP contribution in [0.25, 0.3) is 5.57 Å². The van der Waals surface area contributed by atoms with Crippen LogP contribution in [0.2, 0.25) is 0 Å². The zero-order valence-electron chi connectivity index (χ0n) is 17.7. The average Bonchev–Trinajstić information content (AvgIpc) is 3.24. The lowest BCUT2D eigenvalue weighted by atomic mass is 10.0. The fraction of sp³-hybridized carbons (Fsp3) is 0.278. The number of aliphatic carboxylic acids is 1. The van der Waals surface area contributed by atoms with Crippen molar-refractivity contribution in [3.05, 3.63) is 38.2 Å². The number of carboxylic acid groups (broad SMARTS) is 1. The van der Waals surface area contributed by atoms with Crippen molar-refractivity contribution in [2.24, 2.45) is 7.05 Å². The predicted molar refractivity (Wildman–Crippen MR) is 130 cm³/mol. The van der Waals surface area contributed by atoms with Crippen LogP contribution in [0.3, 0.4) is 0 Å². The number of thiazole rings is 1. The van der Waals surface area contributed by atoms with Crippen LogP contribution in [0.15, 0.2) is 32.1 Å².